The number of furan rings is 1. The summed E-state index contributed by atoms with van der Waals surface area (Å²) in [4.78, 5) is 4.08. The van der Waals surface area contributed by atoms with Gasteiger partial charge >= 0.3 is 0 Å². The number of nitrogens with one attached hydrogen (secondary N) is 3. The van der Waals surface area contributed by atoms with E-state index in [1.165, 1.54) is 12.4 Å². The van der Waals surface area contributed by atoms with E-state index >= 15 is 0 Å². The number of hydrogen-bond acceptors (Lipinski definition) is 6. The maximum Gasteiger partial charge on any atom is 0.244 e. The second-order valence-electron chi connectivity index (χ2n) is 4.31. The van der Waals surface area contributed by atoms with E-state index in [0.29, 0.717) is 31.7 Å². The number of aryl methyl sites for hydroxylation is 1. The van der Waals surface area contributed by atoms with E-state index in [1.807, 2.05) is 0 Å². The van der Waals surface area contributed by atoms with Crippen molar-refractivity contribution in [3.8, 4) is 0 Å². The topological polar surface area (TPSA) is 113 Å². The smallest absolute Gasteiger partial charge is 0.244 e. The Morgan fingerprint density at radius 3 is 2.95 bits per heavy atom. The summed E-state index contributed by atoms with van der Waals surface area (Å²) in [5, 5.41) is 9.35. The van der Waals surface area contributed by atoms with Gasteiger partial charge in [0.1, 0.15) is 22.8 Å². The van der Waals surface area contributed by atoms with E-state index in [4.69, 9.17) is 4.42 Å². The van der Waals surface area contributed by atoms with Crippen LogP contribution in [0, 0.1) is 0 Å². The van der Waals surface area contributed by atoms with Crippen LogP contribution >= 0.6 is 15.9 Å². The van der Waals surface area contributed by atoms with E-state index in [0.717, 1.165) is 5.82 Å². The predicted molar refractivity (Wildman–Crippen MR) is 79.1 cm³/mol. The lowest BCUT2D eigenvalue weighted by molar-refractivity contribution is 0.470. The van der Waals surface area contributed by atoms with Crippen molar-refractivity contribution in [2.24, 2.45) is 0 Å². The number of H-pyrrole nitrogens is 1. The van der Waals surface area contributed by atoms with E-state index in [1.54, 1.807) is 7.05 Å². The number of halogens is 1. The Hall–Kier alpha value is -1.23. The molecule has 0 saturated carbocycles. The fraction of sp³-hybridized carbons (Fsp3) is 0.455. The molecule has 2 rings (SSSR count). The van der Waals surface area contributed by atoms with Crippen LogP contribution in [0.25, 0.3) is 0 Å². The average Bonchev–Trinajstić information content (AvgIpc) is 3.05. The molecular weight excluding hydrogens is 362 g/mol. The van der Waals surface area contributed by atoms with Crippen molar-refractivity contribution in [3.05, 3.63) is 28.6 Å². The zero-order chi connectivity index (χ0) is 15.3. The average molecular weight is 378 g/mol. The molecule has 2 aromatic rings. The molecule has 2 aromatic heterocycles. The summed E-state index contributed by atoms with van der Waals surface area (Å²) in [6.07, 6.45) is 2.67. The number of aromatic amines is 1. The lowest BCUT2D eigenvalue weighted by Crippen LogP contribution is -2.25. The summed E-state index contributed by atoms with van der Waals surface area (Å²) < 4.78 is 32.4. The minimum absolute atomic E-state index is 0.104. The van der Waals surface area contributed by atoms with Crippen LogP contribution in [0.3, 0.4) is 0 Å². The maximum absolute atomic E-state index is 12.2. The minimum atomic E-state index is -3.59. The summed E-state index contributed by atoms with van der Waals surface area (Å²) in [5.41, 5.74) is 0. The van der Waals surface area contributed by atoms with Crippen LogP contribution < -0.4 is 10.0 Å². The van der Waals surface area contributed by atoms with Gasteiger partial charge in [0.05, 0.1) is 6.54 Å². The molecule has 0 atom stereocenters. The Labute approximate surface area is 130 Å². The van der Waals surface area contributed by atoms with Gasteiger partial charge in [-0.3, -0.25) is 5.10 Å². The second-order valence-corrected chi connectivity index (χ2v) is 6.77. The van der Waals surface area contributed by atoms with Gasteiger partial charge in [-0.2, -0.15) is 5.10 Å². The van der Waals surface area contributed by atoms with Crippen LogP contribution in [0.5, 0.6) is 0 Å². The lowest BCUT2D eigenvalue weighted by Gasteiger charge is -2.04. The van der Waals surface area contributed by atoms with E-state index in [9.17, 15) is 8.42 Å². The summed E-state index contributed by atoms with van der Waals surface area (Å²) in [6, 6.07) is 1.50. The third kappa shape index (κ3) is 4.37. The predicted octanol–water partition coefficient (Wildman–Crippen LogP) is 0.791. The quantitative estimate of drug-likeness (QED) is 0.586. The van der Waals surface area contributed by atoms with Gasteiger partial charge in [0.15, 0.2) is 4.67 Å². The van der Waals surface area contributed by atoms with Crippen LogP contribution in [0.15, 0.2) is 26.4 Å². The molecule has 8 nitrogen and oxygen atoms in total. The van der Waals surface area contributed by atoms with Crippen LogP contribution in [-0.4, -0.2) is 37.2 Å². The Morgan fingerprint density at radius 1 is 1.48 bits per heavy atom. The van der Waals surface area contributed by atoms with Crippen molar-refractivity contribution in [1.29, 1.82) is 0 Å². The molecular formula is C11H16BrN5O3S. The van der Waals surface area contributed by atoms with Gasteiger partial charge in [-0.15, -0.1) is 0 Å². The van der Waals surface area contributed by atoms with Crippen LogP contribution in [0.2, 0.25) is 0 Å². The molecule has 0 aromatic carbocycles. The Morgan fingerprint density at radius 2 is 2.29 bits per heavy atom. The van der Waals surface area contributed by atoms with Gasteiger partial charge in [0, 0.05) is 19.0 Å². The zero-order valence-corrected chi connectivity index (χ0v) is 13.8. The van der Waals surface area contributed by atoms with Gasteiger partial charge in [-0.25, -0.2) is 18.1 Å². The van der Waals surface area contributed by atoms with E-state index in [2.05, 4.69) is 41.2 Å². The van der Waals surface area contributed by atoms with Crippen LogP contribution in [0.4, 0.5) is 0 Å². The summed E-state index contributed by atoms with van der Waals surface area (Å²) in [5.74, 6) is 1.28. The number of aromatic nitrogens is 3. The lowest BCUT2D eigenvalue weighted by atomic mass is 10.3. The Kier molecular flexibility index (Phi) is 5.51. The molecule has 10 heteroatoms. The monoisotopic (exact) mass is 377 g/mol. The first-order valence-corrected chi connectivity index (χ1v) is 8.57. The number of rotatable bonds is 8. The van der Waals surface area contributed by atoms with E-state index in [-0.39, 0.29) is 9.56 Å². The Bertz CT molecular complexity index is 668. The molecule has 2 heterocycles. The highest BCUT2D eigenvalue weighted by Crippen LogP contribution is 2.25. The van der Waals surface area contributed by atoms with Crippen molar-refractivity contribution in [1.82, 2.24) is 25.2 Å². The van der Waals surface area contributed by atoms with Crippen molar-refractivity contribution in [3.63, 3.8) is 0 Å². The molecule has 21 heavy (non-hydrogen) atoms. The van der Waals surface area contributed by atoms with Crippen molar-refractivity contribution in [2.45, 2.75) is 24.3 Å². The second kappa shape index (κ2) is 7.16. The normalized spacial score (nSPS) is 11.9. The fourth-order valence-corrected chi connectivity index (χ4v) is 3.80. The van der Waals surface area contributed by atoms with Gasteiger partial charge in [-0.1, -0.05) is 0 Å². The molecule has 0 radical (unpaired) electrons. The molecule has 0 aliphatic heterocycles. The molecule has 0 bridgehead atoms. The molecule has 116 valence electrons. The van der Waals surface area contributed by atoms with E-state index < -0.39 is 10.0 Å². The first-order valence-electron chi connectivity index (χ1n) is 6.29. The molecule has 0 aliphatic rings. The van der Waals surface area contributed by atoms with Gasteiger partial charge in [-0.05, 0) is 29.4 Å². The third-order valence-corrected chi connectivity index (χ3v) is 5.01. The van der Waals surface area contributed by atoms with Gasteiger partial charge in [0.2, 0.25) is 10.0 Å². The number of hydrogen-bond donors (Lipinski definition) is 3. The van der Waals surface area contributed by atoms with Gasteiger partial charge < -0.3 is 9.73 Å². The first-order chi connectivity index (χ1) is 10.0. The SMILES string of the molecule is CNCc1cc(S(=O)(=O)NCCCc2ncn[nH]2)c(Br)o1. The van der Waals surface area contributed by atoms with Crippen LogP contribution in [0.1, 0.15) is 18.0 Å². The standard InChI is InChI=1S/C11H16BrN5O3S/c1-13-6-8-5-9(11(12)20-8)21(18,19)16-4-2-3-10-14-7-15-17-10/h5,7,13,16H,2-4,6H2,1H3,(H,14,15,17). The first kappa shape index (κ1) is 16.1. The molecule has 0 fully saturated rings. The number of sulfonamides is 1. The summed E-state index contributed by atoms with van der Waals surface area (Å²) >= 11 is 3.13. The van der Waals surface area contributed by atoms with Crippen molar-refractivity contribution >= 4 is 26.0 Å². The van der Waals surface area contributed by atoms with Crippen molar-refractivity contribution < 1.29 is 12.8 Å². The molecule has 0 saturated heterocycles. The molecule has 0 unspecified atom stereocenters. The number of nitrogens with zero attached hydrogens (tertiary/aromatic N) is 2. The highest BCUT2D eigenvalue weighted by atomic mass is 79.9. The molecule has 0 aliphatic carbocycles. The maximum atomic E-state index is 12.2. The minimum Gasteiger partial charge on any atom is -0.452 e. The van der Waals surface area contributed by atoms with Crippen molar-refractivity contribution in [2.75, 3.05) is 13.6 Å². The molecule has 0 spiro atoms. The third-order valence-electron chi connectivity index (χ3n) is 2.69. The van der Waals surface area contributed by atoms with Crippen LogP contribution in [-0.2, 0) is 23.0 Å². The largest absolute Gasteiger partial charge is 0.452 e. The fourth-order valence-electron chi connectivity index (χ4n) is 1.73. The summed E-state index contributed by atoms with van der Waals surface area (Å²) in [6.45, 7) is 0.766. The highest BCUT2D eigenvalue weighted by molar-refractivity contribution is 9.10. The Balaban J connectivity index is 1.91. The highest BCUT2D eigenvalue weighted by Gasteiger charge is 2.21. The van der Waals surface area contributed by atoms with Gasteiger partial charge in [0.25, 0.3) is 0 Å². The zero-order valence-electron chi connectivity index (χ0n) is 11.4. The summed E-state index contributed by atoms with van der Waals surface area (Å²) in [7, 11) is -1.84. The molecule has 0 amide bonds. The molecule has 3 N–H and O–H groups in total.